The van der Waals surface area contributed by atoms with E-state index in [0.29, 0.717) is 0 Å². The minimum Gasteiger partial charge on any atom is -0.301 e. The first-order valence-corrected chi connectivity index (χ1v) is 4.96. The third-order valence-electron chi connectivity index (χ3n) is 2.44. The molecule has 0 N–H and O–H groups in total. The normalized spacial score (nSPS) is 9.88. The fourth-order valence-electron chi connectivity index (χ4n) is 1.55. The van der Waals surface area contributed by atoms with Gasteiger partial charge in [0.15, 0.2) is 0 Å². The molecule has 0 aliphatic rings. The van der Waals surface area contributed by atoms with Gasteiger partial charge in [-0.1, -0.05) is 17.7 Å². The SMILES string of the molecule is Cc1ccc(-n2cc([N+](=O)[O-])cc2C#N)cc1. The maximum atomic E-state index is 10.7. The van der Waals surface area contributed by atoms with E-state index in [1.165, 1.54) is 16.8 Å². The van der Waals surface area contributed by atoms with Crippen molar-refractivity contribution in [2.75, 3.05) is 0 Å². The Morgan fingerprint density at radius 2 is 2.00 bits per heavy atom. The zero-order chi connectivity index (χ0) is 12.4. The second-order valence-corrected chi connectivity index (χ2v) is 3.66. The van der Waals surface area contributed by atoms with Crippen LogP contribution in [0.3, 0.4) is 0 Å². The average molecular weight is 227 g/mol. The highest BCUT2D eigenvalue weighted by Gasteiger charge is 2.14. The predicted molar refractivity (Wildman–Crippen MR) is 61.9 cm³/mol. The van der Waals surface area contributed by atoms with E-state index in [-0.39, 0.29) is 11.4 Å². The van der Waals surface area contributed by atoms with Crippen LogP contribution in [0.25, 0.3) is 5.69 Å². The first kappa shape index (κ1) is 10.9. The maximum Gasteiger partial charge on any atom is 0.288 e. The summed E-state index contributed by atoms with van der Waals surface area (Å²) in [5.41, 5.74) is 2.00. The van der Waals surface area contributed by atoms with E-state index in [9.17, 15) is 10.1 Å². The van der Waals surface area contributed by atoms with E-state index in [0.717, 1.165) is 11.3 Å². The van der Waals surface area contributed by atoms with E-state index in [4.69, 9.17) is 5.26 Å². The molecule has 0 atom stereocenters. The number of rotatable bonds is 2. The Bertz CT molecular complexity index is 606. The van der Waals surface area contributed by atoms with Gasteiger partial charge < -0.3 is 4.57 Å². The molecule has 17 heavy (non-hydrogen) atoms. The smallest absolute Gasteiger partial charge is 0.288 e. The lowest BCUT2D eigenvalue weighted by molar-refractivity contribution is -0.384. The topological polar surface area (TPSA) is 71.9 Å². The number of benzene rings is 1. The minimum atomic E-state index is -0.508. The summed E-state index contributed by atoms with van der Waals surface area (Å²) in [4.78, 5) is 10.1. The lowest BCUT2D eigenvalue weighted by Gasteiger charge is -2.03. The molecule has 84 valence electrons. The lowest BCUT2D eigenvalue weighted by atomic mass is 10.2. The number of nitro groups is 1. The fourth-order valence-corrected chi connectivity index (χ4v) is 1.55. The Morgan fingerprint density at radius 1 is 1.35 bits per heavy atom. The van der Waals surface area contributed by atoms with Crippen LogP contribution in [0.15, 0.2) is 36.5 Å². The molecule has 0 aliphatic heterocycles. The van der Waals surface area contributed by atoms with Crippen molar-refractivity contribution in [3.8, 4) is 11.8 Å². The summed E-state index contributed by atoms with van der Waals surface area (Å²) in [5, 5.41) is 19.6. The van der Waals surface area contributed by atoms with Gasteiger partial charge >= 0.3 is 0 Å². The number of nitriles is 1. The molecule has 0 unspecified atom stereocenters. The van der Waals surface area contributed by atoms with Crippen molar-refractivity contribution in [3.63, 3.8) is 0 Å². The molecule has 1 aromatic heterocycles. The minimum absolute atomic E-state index is 0.0814. The molecule has 0 radical (unpaired) electrons. The molecule has 2 rings (SSSR count). The van der Waals surface area contributed by atoms with Gasteiger partial charge in [0.25, 0.3) is 5.69 Å². The highest BCUT2D eigenvalue weighted by Crippen LogP contribution is 2.20. The van der Waals surface area contributed by atoms with Crippen LogP contribution >= 0.6 is 0 Å². The van der Waals surface area contributed by atoms with Crippen LogP contribution in [0.1, 0.15) is 11.3 Å². The fraction of sp³-hybridized carbons (Fsp3) is 0.0833. The average Bonchev–Trinajstić information content (AvgIpc) is 2.74. The Balaban J connectivity index is 2.55. The van der Waals surface area contributed by atoms with Crippen LogP contribution in [0, 0.1) is 28.4 Å². The molecule has 0 saturated heterocycles. The Morgan fingerprint density at radius 3 is 2.53 bits per heavy atom. The Kier molecular flexibility index (Phi) is 2.63. The van der Waals surface area contributed by atoms with Crippen molar-refractivity contribution in [3.05, 3.63) is 57.9 Å². The molecule has 0 bridgehead atoms. The van der Waals surface area contributed by atoms with Crippen molar-refractivity contribution < 1.29 is 4.92 Å². The number of aromatic nitrogens is 1. The van der Waals surface area contributed by atoms with Gasteiger partial charge in [-0.15, -0.1) is 0 Å². The molecular formula is C12H9N3O2. The van der Waals surface area contributed by atoms with Crippen molar-refractivity contribution >= 4 is 5.69 Å². The second kappa shape index (κ2) is 4.10. The summed E-state index contributed by atoms with van der Waals surface area (Å²) in [6.45, 7) is 1.95. The molecule has 0 saturated carbocycles. The third-order valence-corrected chi connectivity index (χ3v) is 2.44. The van der Waals surface area contributed by atoms with Crippen LogP contribution in [0.4, 0.5) is 5.69 Å². The molecule has 1 aromatic carbocycles. The third kappa shape index (κ3) is 2.01. The first-order chi connectivity index (χ1) is 8.11. The van der Waals surface area contributed by atoms with E-state index in [1.807, 2.05) is 37.3 Å². The van der Waals surface area contributed by atoms with Crippen LogP contribution in [0.2, 0.25) is 0 Å². The van der Waals surface area contributed by atoms with E-state index < -0.39 is 4.92 Å². The van der Waals surface area contributed by atoms with Gasteiger partial charge in [-0.2, -0.15) is 5.26 Å². The van der Waals surface area contributed by atoms with Gasteiger partial charge in [-0.3, -0.25) is 10.1 Å². The zero-order valence-electron chi connectivity index (χ0n) is 9.12. The van der Waals surface area contributed by atoms with Gasteiger partial charge in [0, 0.05) is 5.69 Å². The molecule has 0 fully saturated rings. The molecular weight excluding hydrogens is 218 g/mol. The summed E-state index contributed by atoms with van der Waals surface area (Å²) >= 11 is 0. The van der Waals surface area contributed by atoms with Crippen molar-refractivity contribution in [1.29, 1.82) is 5.26 Å². The summed E-state index contributed by atoms with van der Waals surface area (Å²) in [6.07, 6.45) is 1.35. The van der Waals surface area contributed by atoms with Crippen molar-refractivity contribution in [2.24, 2.45) is 0 Å². The molecule has 5 nitrogen and oxygen atoms in total. The molecule has 5 heteroatoms. The van der Waals surface area contributed by atoms with Crippen LogP contribution in [-0.4, -0.2) is 9.49 Å². The summed E-state index contributed by atoms with van der Waals surface area (Å²) in [5.74, 6) is 0. The predicted octanol–water partition coefficient (Wildman–Crippen LogP) is 2.57. The molecule has 2 aromatic rings. The number of hydrogen-bond donors (Lipinski definition) is 0. The monoisotopic (exact) mass is 227 g/mol. The van der Waals surface area contributed by atoms with Gasteiger partial charge in [0.1, 0.15) is 11.8 Å². The van der Waals surface area contributed by atoms with E-state index >= 15 is 0 Å². The standard InChI is InChI=1S/C12H9N3O2/c1-9-2-4-10(5-3-9)14-8-12(15(16)17)6-11(14)7-13/h2-6,8H,1H3. The van der Waals surface area contributed by atoms with Gasteiger partial charge in [0.2, 0.25) is 0 Å². The van der Waals surface area contributed by atoms with Crippen LogP contribution in [0.5, 0.6) is 0 Å². The van der Waals surface area contributed by atoms with Gasteiger partial charge in [-0.05, 0) is 19.1 Å². The number of hydrogen-bond acceptors (Lipinski definition) is 3. The van der Waals surface area contributed by atoms with Crippen LogP contribution in [-0.2, 0) is 0 Å². The number of nitrogens with zero attached hydrogens (tertiary/aromatic N) is 3. The molecule has 1 heterocycles. The van der Waals surface area contributed by atoms with Gasteiger partial charge in [0.05, 0.1) is 17.2 Å². The first-order valence-electron chi connectivity index (χ1n) is 4.96. The number of aryl methyl sites for hydroxylation is 1. The Hall–Kier alpha value is -2.61. The largest absolute Gasteiger partial charge is 0.301 e. The second-order valence-electron chi connectivity index (χ2n) is 3.66. The highest BCUT2D eigenvalue weighted by atomic mass is 16.6. The van der Waals surface area contributed by atoms with E-state index in [1.54, 1.807) is 0 Å². The maximum absolute atomic E-state index is 10.7. The summed E-state index contributed by atoms with van der Waals surface area (Å²) < 4.78 is 1.51. The molecule has 0 spiro atoms. The molecule has 0 amide bonds. The summed E-state index contributed by atoms with van der Waals surface area (Å²) in [7, 11) is 0. The summed E-state index contributed by atoms with van der Waals surface area (Å²) in [6, 6.07) is 10.6. The quantitative estimate of drug-likeness (QED) is 0.584. The lowest BCUT2D eigenvalue weighted by Crippen LogP contribution is -1.94. The van der Waals surface area contributed by atoms with Crippen molar-refractivity contribution in [2.45, 2.75) is 6.92 Å². The van der Waals surface area contributed by atoms with Crippen LogP contribution < -0.4 is 0 Å². The van der Waals surface area contributed by atoms with Crippen molar-refractivity contribution in [1.82, 2.24) is 4.57 Å². The van der Waals surface area contributed by atoms with E-state index in [2.05, 4.69) is 0 Å². The molecule has 0 aliphatic carbocycles. The highest BCUT2D eigenvalue weighted by molar-refractivity contribution is 5.46. The Labute approximate surface area is 97.7 Å². The zero-order valence-corrected chi connectivity index (χ0v) is 9.12. The van der Waals surface area contributed by atoms with Gasteiger partial charge in [-0.25, -0.2) is 0 Å².